The Bertz CT molecular complexity index is 323. The van der Waals surface area contributed by atoms with Crippen molar-refractivity contribution in [3.63, 3.8) is 0 Å². The maximum atomic E-state index is 11.9. The Hall–Kier alpha value is -1.06. The monoisotopic (exact) mass is 267 g/mol. The van der Waals surface area contributed by atoms with E-state index in [4.69, 9.17) is 0 Å². The molecule has 0 heterocycles. The van der Waals surface area contributed by atoms with E-state index in [2.05, 4.69) is 5.32 Å². The van der Waals surface area contributed by atoms with Crippen molar-refractivity contribution in [1.29, 1.82) is 0 Å². The molecular formula is C15H25NO3. The van der Waals surface area contributed by atoms with Gasteiger partial charge in [-0.25, -0.2) is 0 Å². The third kappa shape index (κ3) is 4.22. The molecular weight excluding hydrogens is 242 g/mol. The first-order chi connectivity index (χ1) is 9.16. The molecule has 0 aliphatic heterocycles. The van der Waals surface area contributed by atoms with Gasteiger partial charge in [0.1, 0.15) is 0 Å². The summed E-state index contributed by atoms with van der Waals surface area (Å²) in [7, 11) is 0. The lowest BCUT2D eigenvalue weighted by molar-refractivity contribution is -0.145. The van der Waals surface area contributed by atoms with Gasteiger partial charge in [-0.15, -0.1) is 0 Å². The Balaban J connectivity index is 1.73. The predicted molar refractivity (Wildman–Crippen MR) is 72.7 cm³/mol. The lowest BCUT2D eigenvalue weighted by atomic mass is 9.79. The number of amides is 1. The van der Waals surface area contributed by atoms with Crippen LogP contribution in [0.25, 0.3) is 0 Å². The first-order valence-electron chi connectivity index (χ1n) is 7.66. The molecule has 4 heteroatoms. The topological polar surface area (TPSA) is 66.4 Å². The lowest BCUT2D eigenvalue weighted by Gasteiger charge is -2.28. The summed E-state index contributed by atoms with van der Waals surface area (Å²) >= 11 is 0. The number of hydrogen-bond donors (Lipinski definition) is 2. The fourth-order valence-corrected chi connectivity index (χ4v) is 3.57. The second-order valence-corrected chi connectivity index (χ2v) is 6.15. The molecule has 0 aromatic rings. The first-order valence-corrected chi connectivity index (χ1v) is 7.66. The fraction of sp³-hybridized carbons (Fsp3) is 0.867. The van der Waals surface area contributed by atoms with Gasteiger partial charge in [0.25, 0.3) is 0 Å². The number of aliphatic carboxylic acids is 1. The highest BCUT2D eigenvalue weighted by atomic mass is 16.4. The molecule has 2 aliphatic carbocycles. The SMILES string of the molecule is O=C(CC1CCCC1)NCC1CCCCC1C(=O)O. The predicted octanol–water partition coefficient (Wildman–Crippen LogP) is 2.57. The van der Waals surface area contributed by atoms with E-state index in [1.54, 1.807) is 0 Å². The van der Waals surface area contributed by atoms with E-state index in [1.807, 2.05) is 0 Å². The van der Waals surface area contributed by atoms with Crippen LogP contribution in [-0.2, 0) is 9.59 Å². The van der Waals surface area contributed by atoms with E-state index < -0.39 is 5.97 Å². The van der Waals surface area contributed by atoms with Gasteiger partial charge in [0.15, 0.2) is 0 Å². The van der Waals surface area contributed by atoms with E-state index in [0.717, 1.165) is 25.7 Å². The van der Waals surface area contributed by atoms with Gasteiger partial charge in [-0.05, 0) is 37.5 Å². The Morgan fingerprint density at radius 3 is 2.32 bits per heavy atom. The number of hydrogen-bond acceptors (Lipinski definition) is 2. The quantitative estimate of drug-likeness (QED) is 0.804. The molecule has 2 saturated carbocycles. The second kappa shape index (κ2) is 6.92. The number of nitrogens with one attached hydrogen (secondary N) is 1. The fourth-order valence-electron chi connectivity index (χ4n) is 3.57. The van der Waals surface area contributed by atoms with Crippen LogP contribution in [0.2, 0.25) is 0 Å². The second-order valence-electron chi connectivity index (χ2n) is 6.15. The smallest absolute Gasteiger partial charge is 0.306 e. The summed E-state index contributed by atoms with van der Waals surface area (Å²) in [6, 6.07) is 0. The van der Waals surface area contributed by atoms with Crippen molar-refractivity contribution in [2.45, 2.75) is 57.8 Å². The van der Waals surface area contributed by atoms with Crippen LogP contribution in [0.4, 0.5) is 0 Å². The molecule has 2 rings (SSSR count). The van der Waals surface area contributed by atoms with E-state index >= 15 is 0 Å². The molecule has 19 heavy (non-hydrogen) atoms. The van der Waals surface area contributed by atoms with Crippen LogP contribution in [0.15, 0.2) is 0 Å². The van der Waals surface area contributed by atoms with Crippen molar-refractivity contribution < 1.29 is 14.7 Å². The standard InChI is InChI=1S/C15H25NO3/c17-14(9-11-5-1-2-6-11)16-10-12-7-3-4-8-13(12)15(18)19/h11-13H,1-10H2,(H,16,17)(H,18,19). The van der Waals surface area contributed by atoms with Crippen LogP contribution in [0.3, 0.4) is 0 Å². The molecule has 0 radical (unpaired) electrons. The average molecular weight is 267 g/mol. The molecule has 2 N–H and O–H groups in total. The van der Waals surface area contributed by atoms with E-state index in [-0.39, 0.29) is 17.7 Å². The molecule has 0 aromatic heterocycles. The molecule has 1 amide bonds. The van der Waals surface area contributed by atoms with Crippen LogP contribution in [0.5, 0.6) is 0 Å². The molecule has 2 aliphatic rings. The summed E-state index contributed by atoms with van der Waals surface area (Å²) in [5, 5.41) is 12.2. The molecule has 0 aromatic carbocycles. The van der Waals surface area contributed by atoms with Gasteiger partial charge in [-0.2, -0.15) is 0 Å². The Labute approximate surface area is 115 Å². The van der Waals surface area contributed by atoms with Crippen molar-refractivity contribution in [3.05, 3.63) is 0 Å². The van der Waals surface area contributed by atoms with Crippen molar-refractivity contribution in [2.24, 2.45) is 17.8 Å². The van der Waals surface area contributed by atoms with Gasteiger partial charge >= 0.3 is 5.97 Å². The van der Waals surface area contributed by atoms with Gasteiger partial charge in [0.05, 0.1) is 5.92 Å². The number of rotatable bonds is 5. The largest absolute Gasteiger partial charge is 0.481 e. The van der Waals surface area contributed by atoms with Crippen molar-refractivity contribution >= 4 is 11.9 Å². The zero-order valence-corrected chi connectivity index (χ0v) is 11.6. The minimum atomic E-state index is -0.699. The highest BCUT2D eigenvalue weighted by Gasteiger charge is 2.31. The van der Waals surface area contributed by atoms with Crippen molar-refractivity contribution in [3.8, 4) is 0 Å². The molecule has 0 saturated heterocycles. The third-order valence-corrected chi connectivity index (χ3v) is 4.74. The molecule has 2 unspecified atom stereocenters. The maximum Gasteiger partial charge on any atom is 0.306 e. The van der Waals surface area contributed by atoms with Crippen molar-refractivity contribution in [1.82, 2.24) is 5.32 Å². The summed E-state index contributed by atoms with van der Waals surface area (Å²) in [5.74, 6) is -0.169. The number of carbonyl (C=O) groups is 2. The number of carboxylic acids is 1. The molecule has 2 fully saturated rings. The van der Waals surface area contributed by atoms with Crippen LogP contribution < -0.4 is 5.32 Å². The minimum Gasteiger partial charge on any atom is -0.481 e. The molecule has 0 spiro atoms. The van der Waals surface area contributed by atoms with Gasteiger partial charge in [0, 0.05) is 13.0 Å². The van der Waals surface area contributed by atoms with Gasteiger partial charge in [-0.3, -0.25) is 9.59 Å². The van der Waals surface area contributed by atoms with E-state index in [9.17, 15) is 14.7 Å². The maximum absolute atomic E-state index is 11.9. The highest BCUT2D eigenvalue weighted by molar-refractivity contribution is 5.76. The first kappa shape index (κ1) is 14.4. The number of carboxylic acid groups (broad SMARTS) is 1. The summed E-state index contributed by atoms with van der Waals surface area (Å²) in [6.07, 6.45) is 9.27. The van der Waals surface area contributed by atoms with Crippen LogP contribution >= 0.6 is 0 Å². The zero-order valence-electron chi connectivity index (χ0n) is 11.6. The zero-order chi connectivity index (χ0) is 13.7. The molecule has 4 nitrogen and oxygen atoms in total. The lowest BCUT2D eigenvalue weighted by Crippen LogP contribution is -2.37. The van der Waals surface area contributed by atoms with Crippen LogP contribution in [-0.4, -0.2) is 23.5 Å². The summed E-state index contributed by atoms with van der Waals surface area (Å²) in [5.41, 5.74) is 0. The molecule has 0 bridgehead atoms. The summed E-state index contributed by atoms with van der Waals surface area (Å²) in [6.45, 7) is 0.544. The molecule has 2 atom stereocenters. The normalized spacial score (nSPS) is 28.2. The van der Waals surface area contributed by atoms with Gasteiger partial charge < -0.3 is 10.4 Å². The highest BCUT2D eigenvalue weighted by Crippen LogP contribution is 2.30. The average Bonchev–Trinajstić information content (AvgIpc) is 2.89. The Kier molecular flexibility index (Phi) is 5.23. The summed E-state index contributed by atoms with van der Waals surface area (Å²) in [4.78, 5) is 23.0. The van der Waals surface area contributed by atoms with E-state index in [1.165, 1.54) is 25.7 Å². The third-order valence-electron chi connectivity index (χ3n) is 4.74. The van der Waals surface area contributed by atoms with Crippen molar-refractivity contribution in [2.75, 3.05) is 6.54 Å². The molecule has 108 valence electrons. The van der Waals surface area contributed by atoms with Gasteiger partial charge in [-0.1, -0.05) is 25.7 Å². The van der Waals surface area contributed by atoms with E-state index in [0.29, 0.717) is 18.9 Å². The van der Waals surface area contributed by atoms with Gasteiger partial charge in [0.2, 0.25) is 5.91 Å². The van der Waals surface area contributed by atoms with Crippen LogP contribution in [0, 0.1) is 17.8 Å². The Morgan fingerprint density at radius 1 is 1.00 bits per heavy atom. The summed E-state index contributed by atoms with van der Waals surface area (Å²) < 4.78 is 0. The van der Waals surface area contributed by atoms with Crippen LogP contribution in [0.1, 0.15) is 57.8 Å². The number of carbonyl (C=O) groups excluding carboxylic acids is 1. The Morgan fingerprint density at radius 2 is 1.63 bits per heavy atom. The minimum absolute atomic E-state index is 0.113.